The average Bonchev–Trinajstić information content (AvgIpc) is 2.83. The van der Waals surface area contributed by atoms with Crippen LogP contribution in [0, 0.1) is 5.92 Å². The molecule has 104 valence electrons. The Labute approximate surface area is 112 Å². The molecule has 1 unspecified atom stereocenters. The van der Waals surface area contributed by atoms with E-state index in [1.165, 1.54) is 0 Å². The number of nitrogens with one attached hydrogen (secondary N) is 2. The Bertz CT molecular complexity index is 467. The van der Waals surface area contributed by atoms with Gasteiger partial charge in [0.25, 0.3) is 0 Å². The van der Waals surface area contributed by atoms with Gasteiger partial charge in [0.1, 0.15) is 0 Å². The van der Waals surface area contributed by atoms with Crippen molar-refractivity contribution >= 4 is 5.91 Å². The van der Waals surface area contributed by atoms with Gasteiger partial charge in [-0.1, -0.05) is 0 Å². The number of aliphatic hydroxyl groups is 1. The van der Waals surface area contributed by atoms with Crippen molar-refractivity contribution in [1.82, 2.24) is 20.2 Å². The van der Waals surface area contributed by atoms with E-state index < -0.39 is 0 Å². The number of hydrogen-bond donors (Lipinski definition) is 3. The number of imidazole rings is 1. The minimum Gasteiger partial charge on any atom is -0.393 e. The predicted octanol–water partition coefficient (Wildman–Crippen LogP) is -0.347. The van der Waals surface area contributed by atoms with Crippen LogP contribution in [-0.2, 0) is 17.8 Å². The lowest BCUT2D eigenvalue weighted by Crippen LogP contribution is -2.50. The summed E-state index contributed by atoms with van der Waals surface area (Å²) in [6.45, 7) is 1.41. The van der Waals surface area contributed by atoms with Crippen LogP contribution in [0.25, 0.3) is 0 Å². The second kappa shape index (κ2) is 4.94. The summed E-state index contributed by atoms with van der Waals surface area (Å²) < 4.78 is 0. The van der Waals surface area contributed by atoms with Crippen LogP contribution < -0.4 is 5.32 Å². The summed E-state index contributed by atoms with van der Waals surface area (Å²) in [5.74, 6) is 0.573. The van der Waals surface area contributed by atoms with Gasteiger partial charge in [-0.15, -0.1) is 0 Å². The highest BCUT2D eigenvalue weighted by Gasteiger charge is 2.32. The summed E-state index contributed by atoms with van der Waals surface area (Å²) >= 11 is 0. The van der Waals surface area contributed by atoms with Crippen molar-refractivity contribution in [1.29, 1.82) is 0 Å². The molecular weight excluding hydrogens is 244 g/mol. The second-order valence-corrected chi connectivity index (χ2v) is 5.68. The molecule has 0 saturated heterocycles. The van der Waals surface area contributed by atoms with E-state index >= 15 is 0 Å². The van der Waals surface area contributed by atoms with E-state index in [0.717, 1.165) is 30.8 Å². The first-order valence-corrected chi connectivity index (χ1v) is 6.81. The Hall–Kier alpha value is -1.40. The van der Waals surface area contributed by atoms with E-state index in [0.29, 0.717) is 18.9 Å². The molecule has 0 aromatic carbocycles. The predicted molar refractivity (Wildman–Crippen MR) is 69.3 cm³/mol. The molecule has 19 heavy (non-hydrogen) atoms. The minimum absolute atomic E-state index is 0.120. The molecule has 6 heteroatoms. The Morgan fingerprint density at radius 2 is 2.37 bits per heavy atom. The van der Waals surface area contributed by atoms with Crippen molar-refractivity contribution in [2.24, 2.45) is 5.92 Å². The van der Waals surface area contributed by atoms with Gasteiger partial charge in [-0.05, 0) is 18.8 Å². The number of aliphatic hydroxyl groups excluding tert-OH is 1. The van der Waals surface area contributed by atoms with E-state index in [1.54, 1.807) is 11.2 Å². The number of aromatic amines is 1. The third kappa shape index (κ3) is 2.50. The van der Waals surface area contributed by atoms with Gasteiger partial charge in [-0.25, -0.2) is 4.98 Å². The van der Waals surface area contributed by atoms with Crippen LogP contribution >= 0.6 is 0 Å². The van der Waals surface area contributed by atoms with Gasteiger partial charge in [-0.2, -0.15) is 0 Å². The van der Waals surface area contributed by atoms with Gasteiger partial charge in [0, 0.05) is 26.6 Å². The molecule has 1 fully saturated rings. The van der Waals surface area contributed by atoms with Crippen molar-refractivity contribution in [3.05, 3.63) is 17.7 Å². The van der Waals surface area contributed by atoms with Crippen molar-refractivity contribution < 1.29 is 9.90 Å². The van der Waals surface area contributed by atoms with E-state index in [-0.39, 0.29) is 18.1 Å². The molecule has 0 bridgehead atoms. The molecule has 3 N–H and O–H groups in total. The molecule has 0 spiro atoms. The van der Waals surface area contributed by atoms with Gasteiger partial charge in [0.15, 0.2) is 0 Å². The monoisotopic (exact) mass is 264 g/mol. The quantitative estimate of drug-likeness (QED) is 0.697. The topological polar surface area (TPSA) is 81.2 Å². The molecule has 1 atom stereocenters. The molecule has 1 saturated carbocycles. The number of carbonyl (C=O) groups is 1. The van der Waals surface area contributed by atoms with E-state index in [2.05, 4.69) is 15.3 Å². The first-order valence-electron chi connectivity index (χ1n) is 6.81. The van der Waals surface area contributed by atoms with Crippen LogP contribution in [0.15, 0.2) is 6.33 Å². The number of fused-ring (bicyclic) bond motifs is 1. The summed E-state index contributed by atoms with van der Waals surface area (Å²) in [6, 6.07) is -0.175. The highest BCUT2D eigenvalue weighted by atomic mass is 16.3. The van der Waals surface area contributed by atoms with Crippen LogP contribution in [0.2, 0.25) is 0 Å². The van der Waals surface area contributed by atoms with E-state index in [1.807, 2.05) is 7.05 Å². The van der Waals surface area contributed by atoms with Crippen LogP contribution in [0.4, 0.5) is 0 Å². The third-order valence-corrected chi connectivity index (χ3v) is 4.15. The molecule has 1 amide bonds. The highest BCUT2D eigenvalue weighted by Crippen LogP contribution is 2.27. The van der Waals surface area contributed by atoms with Crippen molar-refractivity contribution in [2.75, 3.05) is 13.6 Å². The lowest BCUT2D eigenvalue weighted by Gasteiger charge is -2.36. The number of aromatic nitrogens is 2. The first-order chi connectivity index (χ1) is 9.13. The Morgan fingerprint density at radius 1 is 1.58 bits per heavy atom. The zero-order valence-electron chi connectivity index (χ0n) is 11.1. The van der Waals surface area contributed by atoms with Crippen LogP contribution in [0.5, 0.6) is 0 Å². The maximum atomic E-state index is 12.3. The number of hydrogen-bond acceptors (Lipinski definition) is 4. The Morgan fingerprint density at radius 3 is 3.11 bits per heavy atom. The summed E-state index contributed by atoms with van der Waals surface area (Å²) in [7, 11) is 1.84. The molecule has 1 aromatic rings. The molecule has 1 aromatic heterocycles. The molecule has 1 aliphatic carbocycles. The standard InChI is InChI=1S/C13H20N4O2/c1-17(6-8-2-9(18)3-8)13(19)11-4-10-12(5-14-11)16-7-15-10/h7-9,11,14,18H,2-6H2,1H3,(H,15,16). The first kappa shape index (κ1) is 12.6. The molecule has 1 aliphatic heterocycles. The number of H-pyrrole nitrogens is 1. The van der Waals surface area contributed by atoms with Gasteiger partial charge < -0.3 is 15.0 Å². The summed E-state index contributed by atoms with van der Waals surface area (Å²) in [5, 5.41) is 12.5. The highest BCUT2D eigenvalue weighted by molar-refractivity contribution is 5.82. The fraction of sp³-hybridized carbons (Fsp3) is 0.692. The smallest absolute Gasteiger partial charge is 0.239 e. The van der Waals surface area contributed by atoms with Gasteiger partial charge in [0.05, 0.1) is 29.9 Å². The van der Waals surface area contributed by atoms with E-state index in [4.69, 9.17) is 0 Å². The normalized spacial score (nSPS) is 29.5. The van der Waals surface area contributed by atoms with Crippen molar-refractivity contribution in [3.63, 3.8) is 0 Å². The largest absolute Gasteiger partial charge is 0.393 e. The van der Waals surface area contributed by atoms with Crippen molar-refractivity contribution in [2.45, 2.75) is 38.0 Å². The fourth-order valence-electron chi connectivity index (χ4n) is 2.94. The number of carbonyl (C=O) groups excluding carboxylic acids is 1. The number of likely N-dealkylation sites (N-methyl/N-ethyl adjacent to an activating group) is 1. The second-order valence-electron chi connectivity index (χ2n) is 5.68. The Balaban J connectivity index is 1.55. The number of rotatable bonds is 3. The fourth-order valence-corrected chi connectivity index (χ4v) is 2.94. The molecule has 0 radical (unpaired) electrons. The number of nitrogens with zero attached hydrogens (tertiary/aromatic N) is 2. The molecule has 3 rings (SSSR count). The van der Waals surface area contributed by atoms with Gasteiger partial charge in [-0.3, -0.25) is 10.1 Å². The number of amides is 1. The zero-order chi connectivity index (χ0) is 13.4. The van der Waals surface area contributed by atoms with Gasteiger partial charge >= 0.3 is 0 Å². The Kier molecular flexibility index (Phi) is 3.28. The zero-order valence-corrected chi connectivity index (χ0v) is 11.1. The van der Waals surface area contributed by atoms with Crippen LogP contribution in [0.1, 0.15) is 24.2 Å². The maximum absolute atomic E-state index is 12.3. The molecule has 2 heterocycles. The SMILES string of the molecule is CN(CC1CC(O)C1)C(=O)C1Cc2nc[nH]c2CN1. The lowest BCUT2D eigenvalue weighted by atomic mass is 9.82. The average molecular weight is 264 g/mol. The third-order valence-electron chi connectivity index (χ3n) is 4.15. The van der Waals surface area contributed by atoms with Crippen LogP contribution in [0.3, 0.4) is 0 Å². The lowest BCUT2D eigenvalue weighted by molar-refractivity contribution is -0.134. The van der Waals surface area contributed by atoms with Gasteiger partial charge in [0.2, 0.25) is 5.91 Å². The minimum atomic E-state index is -0.175. The summed E-state index contributed by atoms with van der Waals surface area (Å²) in [6.07, 6.45) is 3.81. The maximum Gasteiger partial charge on any atom is 0.239 e. The summed E-state index contributed by atoms with van der Waals surface area (Å²) in [4.78, 5) is 21.5. The molecule has 6 nitrogen and oxygen atoms in total. The van der Waals surface area contributed by atoms with E-state index in [9.17, 15) is 9.90 Å². The molecular formula is C13H20N4O2. The summed E-state index contributed by atoms with van der Waals surface area (Å²) in [5.41, 5.74) is 2.07. The molecule has 2 aliphatic rings. The van der Waals surface area contributed by atoms with Crippen molar-refractivity contribution in [3.8, 4) is 0 Å². The van der Waals surface area contributed by atoms with Crippen LogP contribution in [-0.4, -0.2) is 51.6 Å².